The Morgan fingerprint density at radius 1 is 1.07 bits per heavy atom. The number of hydrogen-bond acceptors (Lipinski definition) is 5. The number of benzene rings is 2. The number of furan rings is 1. The van der Waals surface area contributed by atoms with Crippen LogP contribution in [0.5, 0.6) is 0 Å². The summed E-state index contributed by atoms with van der Waals surface area (Å²) >= 11 is 12.5. The predicted molar refractivity (Wildman–Crippen MR) is 119 cm³/mol. The van der Waals surface area contributed by atoms with E-state index < -0.39 is 0 Å². The Morgan fingerprint density at radius 3 is 2.50 bits per heavy atom. The van der Waals surface area contributed by atoms with Gasteiger partial charge in [-0.1, -0.05) is 29.3 Å². The van der Waals surface area contributed by atoms with Crippen LogP contribution in [-0.4, -0.2) is 19.5 Å². The Kier molecular flexibility index (Phi) is 4.30. The molecular formula is C21H15Cl2N5O2. The molecule has 3 heterocycles. The number of aromatic nitrogens is 4. The third-order valence-corrected chi connectivity index (χ3v) is 5.61. The monoisotopic (exact) mass is 439 g/mol. The molecule has 0 amide bonds. The molecule has 150 valence electrons. The number of aryl methyl sites for hydroxylation is 2. The molecule has 0 saturated heterocycles. The highest BCUT2D eigenvalue weighted by Gasteiger charge is 2.18. The lowest BCUT2D eigenvalue weighted by atomic mass is 10.2. The molecule has 5 rings (SSSR count). The van der Waals surface area contributed by atoms with Crippen LogP contribution in [0.3, 0.4) is 0 Å². The van der Waals surface area contributed by atoms with Gasteiger partial charge in [0.05, 0.1) is 43.9 Å². The van der Waals surface area contributed by atoms with Crippen molar-refractivity contribution < 1.29 is 4.42 Å². The van der Waals surface area contributed by atoms with E-state index in [-0.39, 0.29) is 5.56 Å². The molecule has 2 aromatic carbocycles. The van der Waals surface area contributed by atoms with Gasteiger partial charge in [0.15, 0.2) is 11.6 Å². The molecule has 3 aromatic heterocycles. The number of halogens is 2. The Bertz CT molecular complexity index is 1480. The van der Waals surface area contributed by atoms with E-state index in [0.717, 1.165) is 5.56 Å². The highest BCUT2D eigenvalue weighted by atomic mass is 35.5. The van der Waals surface area contributed by atoms with Gasteiger partial charge in [0.2, 0.25) is 5.95 Å². The van der Waals surface area contributed by atoms with Crippen LogP contribution >= 0.6 is 23.2 Å². The Hall–Kier alpha value is -3.29. The number of aromatic amines is 1. The molecule has 30 heavy (non-hydrogen) atoms. The normalized spacial score (nSPS) is 11.5. The number of para-hydroxylation sites is 1. The first-order valence-corrected chi connectivity index (χ1v) is 9.84. The molecule has 0 radical (unpaired) electrons. The second-order valence-corrected chi connectivity index (χ2v) is 7.71. The number of H-pyrrole nitrogens is 1. The van der Waals surface area contributed by atoms with Gasteiger partial charge in [-0.3, -0.25) is 4.79 Å². The number of fused-ring (bicyclic) bond motifs is 3. The van der Waals surface area contributed by atoms with Crippen LogP contribution in [0.1, 0.15) is 5.56 Å². The van der Waals surface area contributed by atoms with E-state index in [1.807, 2.05) is 26.1 Å². The van der Waals surface area contributed by atoms with Gasteiger partial charge in [-0.25, -0.2) is 9.97 Å². The minimum atomic E-state index is -0.276. The van der Waals surface area contributed by atoms with E-state index in [4.69, 9.17) is 27.6 Å². The largest absolute Gasteiger partial charge is 0.461 e. The van der Waals surface area contributed by atoms with E-state index >= 15 is 0 Å². The summed E-state index contributed by atoms with van der Waals surface area (Å²) in [5.74, 6) is 1.42. The quantitative estimate of drug-likeness (QED) is 0.391. The maximum atomic E-state index is 13.0. The minimum Gasteiger partial charge on any atom is -0.461 e. The van der Waals surface area contributed by atoms with Gasteiger partial charge in [-0.15, -0.1) is 0 Å². The Morgan fingerprint density at radius 2 is 1.80 bits per heavy atom. The van der Waals surface area contributed by atoms with Crippen molar-refractivity contribution in [3.8, 4) is 11.6 Å². The summed E-state index contributed by atoms with van der Waals surface area (Å²) in [6.45, 7) is 1.89. The third-order valence-electron chi connectivity index (χ3n) is 4.98. The van der Waals surface area contributed by atoms with Crippen LogP contribution in [0.2, 0.25) is 10.0 Å². The molecule has 7 nitrogen and oxygen atoms in total. The summed E-state index contributed by atoms with van der Waals surface area (Å²) in [6.07, 6.45) is 1.57. The SMILES string of the molecule is Cc1ccoc1-c1nc2ccc3nc(Nc4c(Cl)cccc4Cl)n(C)c3c2c(=O)[nH]1. The lowest BCUT2D eigenvalue weighted by molar-refractivity contribution is 0.575. The maximum Gasteiger partial charge on any atom is 0.261 e. The average Bonchev–Trinajstić information content (AvgIpc) is 3.28. The van der Waals surface area contributed by atoms with Crippen molar-refractivity contribution >= 4 is 56.8 Å². The molecule has 0 unspecified atom stereocenters. The highest BCUT2D eigenvalue weighted by Crippen LogP contribution is 2.34. The summed E-state index contributed by atoms with van der Waals surface area (Å²) in [7, 11) is 1.81. The maximum absolute atomic E-state index is 13.0. The molecule has 0 fully saturated rings. The molecule has 0 spiro atoms. The number of rotatable bonds is 3. The van der Waals surface area contributed by atoms with Gasteiger partial charge in [-0.05, 0) is 42.8 Å². The summed E-state index contributed by atoms with van der Waals surface area (Å²) in [6, 6.07) is 10.7. The zero-order chi connectivity index (χ0) is 21.0. The summed E-state index contributed by atoms with van der Waals surface area (Å²) in [4.78, 5) is 25.0. The first-order chi connectivity index (χ1) is 14.4. The van der Waals surface area contributed by atoms with E-state index in [9.17, 15) is 4.79 Å². The molecule has 5 aromatic rings. The third kappa shape index (κ3) is 2.86. The molecule has 0 atom stereocenters. The lowest BCUT2D eigenvalue weighted by Gasteiger charge is -2.10. The fraction of sp³-hybridized carbons (Fsp3) is 0.0952. The molecular weight excluding hydrogens is 425 g/mol. The van der Waals surface area contributed by atoms with Gasteiger partial charge >= 0.3 is 0 Å². The molecule has 0 aliphatic heterocycles. The minimum absolute atomic E-state index is 0.276. The van der Waals surface area contributed by atoms with Crippen molar-refractivity contribution in [3.05, 3.63) is 68.6 Å². The first kappa shape index (κ1) is 18.7. The standard InChI is InChI=1S/C21H15Cl2N5O2/c1-10-8-9-30-18(10)19-24-13-6-7-14-17(15(13)20(29)27-19)28(2)21(25-14)26-16-11(22)4-3-5-12(16)23/h3-9H,1-2H3,(H,25,26)(H,24,27,29). The number of imidazole rings is 1. The number of nitrogens with zero attached hydrogens (tertiary/aromatic N) is 3. The summed E-state index contributed by atoms with van der Waals surface area (Å²) < 4.78 is 7.26. The molecule has 0 aliphatic rings. The summed E-state index contributed by atoms with van der Waals surface area (Å²) in [5.41, 5.74) is 3.00. The number of hydrogen-bond donors (Lipinski definition) is 2. The van der Waals surface area contributed by atoms with Gasteiger partial charge in [-0.2, -0.15) is 0 Å². The fourth-order valence-corrected chi connectivity index (χ4v) is 3.99. The second-order valence-electron chi connectivity index (χ2n) is 6.89. The molecule has 2 N–H and O–H groups in total. The van der Waals surface area contributed by atoms with Crippen molar-refractivity contribution in [1.82, 2.24) is 19.5 Å². The van der Waals surface area contributed by atoms with Crippen LogP contribution in [0, 0.1) is 6.92 Å². The molecule has 9 heteroatoms. The Labute approximate surface area is 180 Å². The van der Waals surface area contributed by atoms with Gasteiger partial charge < -0.3 is 19.3 Å². The predicted octanol–water partition coefficient (Wildman–Crippen LogP) is 5.43. The highest BCUT2D eigenvalue weighted by molar-refractivity contribution is 6.39. The van der Waals surface area contributed by atoms with E-state index in [1.54, 1.807) is 35.1 Å². The molecule has 0 aliphatic carbocycles. The van der Waals surface area contributed by atoms with Crippen molar-refractivity contribution in [3.63, 3.8) is 0 Å². The van der Waals surface area contributed by atoms with Crippen LogP contribution in [0.25, 0.3) is 33.5 Å². The lowest BCUT2D eigenvalue weighted by Crippen LogP contribution is -2.11. The van der Waals surface area contributed by atoms with Crippen LogP contribution in [0.4, 0.5) is 11.6 Å². The van der Waals surface area contributed by atoms with Gasteiger partial charge in [0.25, 0.3) is 5.56 Å². The fourth-order valence-electron chi connectivity index (χ4n) is 3.49. The van der Waals surface area contributed by atoms with E-state index in [0.29, 0.717) is 55.2 Å². The topological polar surface area (TPSA) is 88.7 Å². The van der Waals surface area contributed by atoms with Crippen LogP contribution in [0.15, 0.2) is 51.9 Å². The summed E-state index contributed by atoms with van der Waals surface area (Å²) in [5, 5.41) is 4.54. The average molecular weight is 440 g/mol. The van der Waals surface area contributed by atoms with Crippen molar-refractivity contribution in [2.45, 2.75) is 6.92 Å². The smallest absolute Gasteiger partial charge is 0.261 e. The second kappa shape index (κ2) is 6.90. The van der Waals surface area contributed by atoms with Crippen LogP contribution in [-0.2, 0) is 7.05 Å². The zero-order valence-electron chi connectivity index (χ0n) is 16.0. The number of nitrogens with one attached hydrogen (secondary N) is 2. The van der Waals surface area contributed by atoms with Crippen molar-refractivity contribution in [1.29, 1.82) is 0 Å². The van der Waals surface area contributed by atoms with E-state index in [1.165, 1.54) is 0 Å². The Balaban J connectivity index is 1.71. The van der Waals surface area contributed by atoms with Crippen LogP contribution < -0.4 is 10.9 Å². The molecule has 0 saturated carbocycles. The molecule has 0 bridgehead atoms. The van der Waals surface area contributed by atoms with Gasteiger partial charge in [0, 0.05) is 7.05 Å². The van der Waals surface area contributed by atoms with Crippen molar-refractivity contribution in [2.75, 3.05) is 5.32 Å². The number of anilines is 2. The first-order valence-electron chi connectivity index (χ1n) is 9.09. The van der Waals surface area contributed by atoms with E-state index in [2.05, 4.69) is 20.3 Å². The zero-order valence-corrected chi connectivity index (χ0v) is 17.5. The van der Waals surface area contributed by atoms with Gasteiger partial charge in [0.1, 0.15) is 0 Å². The van der Waals surface area contributed by atoms with Crippen molar-refractivity contribution in [2.24, 2.45) is 7.05 Å².